The highest BCUT2D eigenvalue weighted by molar-refractivity contribution is 6.02. The zero-order valence-electron chi connectivity index (χ0n) is 17.8. The van der Waals surface area contributed by atoms with E-state index in [2.05, 4.69) is 30.7 Å². The molecule has 0 fully saturated rings. The van der Waals surface area contributed by atoms with Crippen LogP contribution in [0, 0.1) is 0 Å². The summed E-state index contributed by atoms with van der Waals surface area (Å²) in [4.78, 5) is 23.8. The predicted octanol–water partition coefficient (Wildman–Crippen LogP) is 4.11. The zero-order valence-corrected chi connectivity index (χ0v) is 17.8. The van der Waals surface area contributed by atoms with Crippen LogP contribution in [0.2, 0.25) is 0 Å². The number of H-pyrrole nitrogens is 1. The van der Waals surface area contributed by atoms with Gasteiger partial charge in [0.1, 0.15) is 11.3 Å². The average molecular weight is 463 g/mol. The van der Waals surface area contributed by atoms with E-state index >= 15 is 0 Å². The minimum atomic E-state index is -4.26. The molecule has 4 aromatic rings. The Hall–Kier alpha value is -3.70. The van der Waals surface area contributed by atoms with Crippen LogP contribution in [0.3, 0.4) is 0 Å². The molecule has 8 nitrogen and oxygen atoms in total. The number of rotatable bonds is 7. The molecule has 12 heteroatoms. The van der Waals surface area contributed by atoms with E-state index in [-0.39, 0.29) is 19.0 Å². The van der Waals surface area contributed by atoms with Gasteiger partial charge in [-0.25, -0.2) is 13.9 Å². The Morgan fingerprint density at radius 2 is 2.00 bits per heavy atom. The number of halogens is 4. The third-order valence-electron chi connectivity index (χ3n) is 4.87. The quantitative estimate of drug-likeness (QED) is 0.358. The van der Waals surface area contributed by atoms with Crippen molar-refractivity contribution in [3.05, 3.63) is 42.5 Å². The average Bonchev–Trinajstić information content (AvgIpc) is 3.34. The Morgan fingerprint density at radius 3 is 2.73 bits per heavy atom. The number of carbonyl (C=O) groups excluding carboxylic acids is 1. The van der Waals surface area contributed by atoms with Crippen molar-refractivity contribution in [1.82, 2.24) is 29.9 Å². The number of hydrogen-bond donors (Lipinski definition) is 3. The van der Waals surface area contributed by atoms with Gasteiger partial charge in [-0.05, 0) is 31.5 Å². The Balaban J connectivity index is 1.59. The van der Waals surface area contributed by atoms with Gasteiger partial charge in [0.15, 0.2) is 0 Å². The summed E-state index contributed by atoms with van der Waals surface area (Å²) in [6, 6.07) is 3.56. The molecule has 0 aromatic carbocycles. The third kappa shape index (κ3) is 5.21. The summed E-state index contributed by atoms with van der Waals surface area (Å²) >= 11 is 0. The number of anilines is 1. The molecule has 174 valence electrons. The Morgan fingerprint density at radius 1 is 1.21 bits per heavy atom. The summed E-state index contributed by atoms with van der Waals surface area (Å²) < 4.78 is 52.3. The molecule has 0 saturated carbocycles. The number of aromatic nitrogens is 5. The highest BCUT2D eigenvalue weighted by Gasteiger charge is 2.26. The van der Waals surface area contributed by atoms with Crippen LogP contribution >= 0.6 is 0 Å². The molecule has 4 heterocycles. The van der Waals surface area contributed by atoms with Crippen molar-refractivity contribution in [2.24, 2.45) is 0 Å². The lowest BCUT2D eigenvalue weighted by atomic mass is 10.1. The van der Waals surface area contributed by atoms with E-state index in [0.29, 0.717) is 22.1 Å². The van der Waals surface area contributed by atoms with Gasteiger partial charge in [0, 0.05) is 36.1 Å². The van der Waals surface area contributed by atoms with Crippen LogP contribution in [0.15, 0.2) is 36.9 Å². The lowest BCUT2D eigenvalue weighted by molar-refractivity contribution is -0.131. The first-order chi connectivity index (χ1) is 15.5. The molecular formula is C21H21F4N7O. The van der Waals surface area contributed by atoms with E-state index < -0.39 is 24.2 Å². The number of carbonyl (C=O) groups is 1. The topological polar surface area (TPSA) is 100 Å². The Kier molecular flexibility index (Phi) is 5.68. The second-order valence-corrected chi connectivity index (χ2v) is 8.16. The number of nitrogens with one attached hydrogen (secondary N) is 3. The highest BCUT2D eigenvalue weighted by atomic mass is 19.4. The van der Waals surface area contributed by atoms with Gasteiger partial charge in [-0.2, -0.15) is 23.3 Å². The predicted molar refractivity (Wildman–Crippen MR) is 115 cm³/mol. The van der Waals surface area contributed by atoms with Crippen LogP contribution in [0.25, 0.3) is 27.7 Å². The fourth-order valence-corrected chi connectivity index (χ4v) is 3.26. The number of fused-ring (bicyclic) bond motifs is 2. The highest BCUT2D eigenvalue weighted by Crippen LogP contribution is 2.29. The molecule has 4 rings (SSSR count). The first-order valence-corrected chi connectivity index (χ1v) is 10.1. The van der Waals surface area contributed by atoms with E-state index in [1.165, 1.54) is 30.8 Å². The second-order valence-electron chi connectivity index (χ2n) is 8.16. The Bertz CT molecular complexity index is 1300. The molecule has 33 heavy (non-hydrogen) atoms. The van der Waals surface area contributed by atoms with Gasteiger partial charge in [-0.15, -0.1) is 0 Å². The van der Waals surface area contributed by atoms with Gasteiger partial charge in [-0.1, -0.05) is 0 Å². The fraction of sp³-hybridized carbons (Fsp3) is 0.333. The summed E-state index contributed by atoms with van der Waals surface area (Å²) in [5.74, 6) is -0.356. The molecule has 0 aliphatic heterocycles. The maximum Gasteiger partial charge on any atom is 0.390 e. The van der Waals surface area contributed by atoms with Crippen molar-refractivity contribution in [2.45, 2.75) is 32.1 Å². The van der Waals surface area contributed by atoms with E-state index in [0.717, 1.165) is 11.1 Å². The van der Waals surface area contributed by atoms with E-state index in [9.17, 15) is 22.4 Å². The third-order valence-corrected chi connectivity index (χ3v) is 4.87. The Labute approximate surface area is 185 Å². The lowest BCUT2D eigenvalue weighted by Crippen LogP contribution is -2.35. The monoisotopic (exact) mass is 463 g/mol. The molecule has 0 spiro atoms. The van der Waals surface area contributed by atoms with Crippen LogP contribution in [-0.4, -0.2) is 55.4 Å². The number of amides is 1. The molecule has 0 aliphatic carbocycles. The van der Waals surface area contributed by atoms with Crippen LogP contribution in [0.1, 0.15) is 30.6 Å². The SMILES string of the molecule is CC(C)(F)CNC(=O)c1cnn2ccc(-c3c[nH]c4nc(NCCC(F)(F)F)ncc34)cc12. The van der Waals surface area contributed by atoms with Gasteiger partial charge in [0.2, 0.25) is 5.95 Å². The molecule has 0 atom stereocenters. The van der Waals surface area contributed by atoms with Gasteiger partial charge in [0.25, 0.3) is 5.91 Å². The molecule has 0 unspecified atom stereocenters. The first-order valence-electron chi connectivity index (χ1n) is 10.1. The number of nitrogens with zero attached hydrogens (tertiary/aromatic N) is 4. The summed E-state index contributed by atoms with van der Waals surface area (Å²) in [7, 11) is 0. The largest absolute Gasteiger partial charge is 0.390 e. The second kappa shape index (κ2) is 8.34. The standard InChI is InChI=1S/C21H21F4N7O/c1-20(2,22)11-29-18(33)15-10-30-32-6-3-12(7-16(15)32)13-8-27-17-14(13)9-28-19(31-17)26-5-4-21(23,24)25/h3,6-10H,4-5,11H2,1-2H3,(H,29,33)(H2,26,27,28,31). The van der Waals surface area contributed by atoms with Crippen molar-refractivity contribution in [3.63, 3.8) is 0 Å². The minimum Gasteiger partial charge on any atom is -0.354 e. The van der Waals surface area contributed by atoms with Crippen LogP contribution in [0.4, 0.5) is 23.5 Å². The molecular weight excluding hydrogens is 442 g/mol. The molecule has 0 radical (unpaired) electrons. The lowest BCUT2D eigenvalue weighted by Gasteiger charge is -2.14. The number of alkyl halides is 4. The summed E-state index contributed by atoms with van der Waals surface area (Å²) in [6.07, 6.45) is 1.06. The van der Waals surface area contributed by atoms with Crippen molar-refractivity contribution in [3.8, 4) is 11.1 Å². The first kappa shape index (κ1) is 22.5. The number of aromatic amines is 1. The normalized spacial score (nSPS) is 12.4. The molecule has 3 N–H and O–H groups in total. The summed E-state index contributed by atoms with van der Waals surface area (Å²) in [5, 5.41) is 9.95. The smallest absolute Gasteiger partial charge is 0.354 e. The van der Waals surface area contributed by atoms with E-state index in [4.69, 9.17) is 0 Å². The van der Waals surface area contributed by atoms with Crippen molar-refractivity contribution in [1.29, 1.82) is 0 Å². The van der Waals surface area contributed by atoms with Gasteiger partial charge in [0.05, 0.1) is 30.2 Å². The van der Waals surface area contributed by atoms with Crippen molar-refractivity contribution < 1.29 is 22.4 Å². The van der Waals surface area contributed by atoms with Crippen LogP contribution < -0.4 is 10.6 Å². The molecule has 4 aromatic heterocycles. The minimum absolute atomic E-state index is 0.0844. The maximum absolute atomic E-state index is 13.7. The fourth-order valence-electron chi connectivity index (χ4n) is 3.26. The van der Waals surface area contributed by atoms with Crippen molar-refractivity contribution >= 4 is 28.4 Å². The maximum atomic E-state index is 13.7. The van der Waals surface area contributed by atoms with Gasteiger partial charge < -0.3 is 15.6 Å². The van der Waals surface area contributed by atoms with Crippen LogP contribution in [-0.2, 0) is 0 Å². The van der Waals surface area contributed by atoms with E-state index in [1.807, 2.05) is 0 Å². The molecule has 0 bridgehead atoms. The number of hydrogen-bond acceptors (Lipinski definition) is 5. The van der Waals surface area contributed by atoms with Crippen LogP contribution in [0.5, 0.6) is 0 Å². The van der Waals surface area contributed by atoms with Crippen molar-refractivity contribution in [2.75, 3.05) is 18.4 Å². The zero-order chi connectivity index (χ0) is 23.8. The van der Waals surface area contributed by atoms with Gasteiger partial charge >= 0.3 is 6.18 Å². The summed E-state index contributed by atoms with van der Waals surface area (Å²) in [6.45, 7) is 2.28. The summed E-state index contributed by atoms with van der Waals surface area (Å²) in [5.41, 5.74) is 1.22. The molecule has 1 amide bonds. The molecule has 0 saturated heterocycles. The molecule has 0 aliphatic rings. The van der Waals surface area contributed by atoms with E-state index in [1.54, 1.807) is 24.5 Å². The number of pyridine rings is 1. The van der Waals surface area contributed by atoms with Gasteiger partial charge in [-0.3, -0.25) is 4.79 Å².